The molecule has 5 nitrogen and oxygen atoms in total. The average Bonchev–Trinajstić information content (AvgIpc) is 2.76. The number of amides is 2. The molecule has 2 aromatic carbocycles. The second-order valence-electron chi connectivity index (χ2n) is 8.50. The Kier molecular flexibility index (Phi) is 6.58. The summed E-state index contributed by atoms with van der Waals surface area (Å²) in [6.07, 6.45) is 2.77. The first-order chi connectivity index (χ1) is 14.9. The third-order valence-electron chi connectivity index (χ3n) is 6.26. The van der Waals surface area contributed by atoms with E-state index in [2.05, 4.69) is 18.3 Å². The molecule has 0 unspecified atom stereocenters. The molecule has 2 aliphatic rings. The van der Waals surface area contributed by atoms with Crippen LogP contribution >= 0.6 is 11.6 Å². The number of carbonyl (C=O) groups is 2. The summed E-state index contributed by atoms with van der Waals surface area (Å²) in [5, 5.41) is 2.96. The van der Waals surface area contributed by atoms with Gasteiger partial charge >= 0.3 is 0 Å². The zero-order chi connectivity index (χ0) is 22.0. The topological polar surface area (TPSA) is 52.7 Å². The van der Waals surface area contributed by atoms with E-state index in [1.54, 1.807) is 0 Å². The van der Waals surface area contributed by atoms with Crippen molar-refractivity contribution < 1.29 is 14.0 Å². The fraction of sp³-hybridized carbons (Fsp3) is 0.417. The Morgan fingerprint density at radius 2 is 1.87 bits per heavy atom. The lowest BCUT2D eigenvalue weighted by molar-refractivity contribution is -0.139. The number of rotatable bonds is 4. The van der Waals surface area contributed by atoms with Crippen LogP contribution in [0.2, 0.25) is 5.02 Å². The lowest BCUT2D eigenvalue weighted by atomic mass is 9.90. The van der Waals surface area contributed by atoms with Gasteiger partial charge in [0.25, 0.3) is 0 Å². The first-order valence-electron chi connectivity index (χ1n) is 10.8. The standard InChI is InChI=1S/C24H27ClFN3O2/c1-16-8-11-28(12-9-16)24(31)23-19-5-3-2-4-17(19)10-13-29(23)15-22(30)27-21-14-18(26)6-7-20(21)25/h2-7,14,16,23H,8-13,15H2,1H3,(H,27,30)/t23-/m1/s1. The predicted octanol–water partition coefficient (Wildman–Crippen LogP) is 4.28. The normalized spacial score (nSPS) is 19.7. The van der Waals surface area contributed by atoms with Crippen LogP contribution in [0.5, 0.6) is 0 Å². The van der Waals surface area contributed by atoms with Crippen molar-refractivity contribution in [1.29, 1.82) is 0 Å². The average molecular weight is 444 g/mol. The van der Waals surface area contributed by atoms with Crippen LogP contribution in [0.15, 0.2) is 42.5 Å². The Labute approximate surface area is 187 Å². The van der Waals surface area contributed by atoms with Gasteiger partial charge in [0.1, 0.15) is 11.9 Å². The number of halogens is 2. The van der Waals surface area contributed by atoms with E-state index in [-0.39, 0.29) is 29.1 Å². The molecule has 0 saturated carbocycles. The number of likely N-dealkylation sites (tertiary alicyclic amines) is 1. The summed E-state index contributed by atoms with van der Waals surface area (Å²) in [4.78, 5) is 30.2. The van der Waals surface area contributed by atoms with E-state index >= 15 is 0 Å². The van der Waals surface area contributed by atoms with Gasteiger partial charge in [0.05, 0.1) is 17.3 Å². The minimum atomic E-state index is -0.493. The molecule has 2 amide bonds. The Morgan fingerprint density at radius 1 is 1.13 bits per heavy atom. The fourth-order valence-electron chi connectivity index (χ4n) is 4.45. The molecule has 1 saturated heterocycles. The number of hydrogen-bond acceptors (Lipinski definition) is 3. The summed E-state index contributed by atoms with van der Waals surface area (Å²) >= 11 is 6.09. The molecule has 0 spiro atoms. The maximum absolute atomic E-state index is 13.6. The molecule has 2 aliphatic heterocycles. The highest BCUT2D eigenvalue weighted by Gasteiger charge is 2.37. The van der Waals surface area contributed by atoms with E-state index < -0.39 is 11.9 Å². The van der Waals surface area contributed by atoms with E-state index in [1.807, 2.05) is 28.0 Å². The fourth-order valence-corrected chi connectivity index (χ4v) is 4.61. The van der Waals surface area contributed by atoms with Crippen molar-refractivity contribution in [2.24, 2.45) is 5.92 Å². The van der Waals surface area contributed by atoms with Crippen LogP contribution in [-0.4, -0.2) is 47.8 Å². The molecule has 164 valence electrons. The smallest absolute Gasteiger partial charge is 0.244 e. The first-order valence-corrected chi connectivity index (χ1v) is 11.2. The summed E-state index contributed by atoms with van der Waals surface area (Å²) in [5.74, 6) is -0.118. The molecule has 1 fully saturated rings. The summed E-state index contributed by atoms with van der Waals surface area (Å²) in [6.45, 7) is 4.34. The van der Waals surface area contributed by atoms with E-state index in [4.69, 9.17) is 11.6 Å². The highest BCUT2D eigenvalue weighted by Crippen LogP contribution is 2.32. The van der Waals surface area contributed by atoms with Crippen LogP contribution in [0.4, 0.5) is 10.1 Å². The quantitative estimate of drug-likeness (QED) is 0.767. The van der Waals surface area contributed by atoms with Crippen molar-refractivity contribution in [1.82, 2.24) is 9.80 Å². The number of carbonyl (C=O) groups excluding carboxylic acids is 2. The van der Waals surface area contributed by atoms with Crippen LogP contribution in [0.1, 0.15) is 36.9 Å². The molecule has 0 bridgehead atoms. The number of anilines is 1. The molecular formula is C24H27ClFN3O2. The monoisotopic (exact) mass is 443 g/mol. The Bertz CT molecular complexity index is 975. The molecule has 0 aromatic heterocycles. The van der Waals surface area contributed by atoms with Crippen molar-refractivity contribution in [2.45, 2.75) is 32.2 Å². The van der Waals surface area contributed by atoms with Crippen LogP contribution in [-0.2, 0) is 16.0 Å². The molecule has 0 radical (unpaired) electrons. The predicted molar refractivity (Wildman–Crippen MR) is 119 cm³/mol. The van der Waals surface area contributed by atoms with Crippen LogP contribution < -0.4 is 5.32 Å². The third kappa shape index (κ3) is 4.91. The van der Waals surface area contributed by atoms with Gasteiger partial charge in [-0.2, -0.15) is 0 Å². The van der Waals surface area contributed by atoms with E-state index in [1.165, 1.54) is 18.2 Å². The van der Waals surface area contributed by atoms with E-state index in [0.717, 1.165) is 43.5 Å². The molecule has 2 heterocycles. The maximum Gasteiger partial charge on any atom is 0.244 e. The highest BCUT2D eigenvalue weighted by molar-refractivity contribution is 6.33. The maximum atomic E-state index is 13.6. The van der Waals surface area contributed by atoms with Gasteiger partial charge in [-0.1, -0.05) is 42.8 Å². The third-order valence-corrected chi connectivity index (χ3v) is 6.59. The number of nitrogens with zero attached hydrogens (tertiary/aromatic N) is 2. The summed E-state index contributed by atoms with van der Waals surface area (Å²) < 4.78 is 13.6. The first kappa shape index (κ1) is 21.8. The minimum Gasteiger partial charge on any atom is -0.341 e. The van der Waals surface area contributed by atoms with Gasteiger partial charge in [-0.3, -0.25) is 14.5 Å². The zero-order valence-electron chi connectivity index (χ0n) is 17.6. The molecular weight excluding hydrogens is 417 g/mol. The Hall–Kier alpha value is -2.44. The largest absolute Gasteiger partial charge is 0.341 e. The lowest BCUT2D eigenvalue weighted by Gasteiger charge is -2.40. The second kappa shape index (κ2) is 9.37. The minimum absolute atomic E-state index is 0.0296. The number of nitrogens with one attached hydrogen (secondary N) is 1. The molecule has 7 heteroatoms. The Balaban J connectivity index is 1.54. The SMILES string of the molecule is CC1CCN(C(=O)[C@H]2c3ccccc3CCN2CC(=O)Nc2cc(F)ccc2Cl)CC1. The van der Waals surface area contributed by atoms with E-state index in [0.29, 0.717) is 12.5 Å². The highest BCUT2D eigenvalue weighted by atomic mass is 35.5. The van der Waals surface area contributed by atoms with Crippen molar-refractivity contribution in [3.63, 3.8) is 0 Å². The molecule has 2 aromatic rings. The molecule has 4 rings (SSSR count). The van der Waals surface area contributed by atoms with Gasteiger partial charge < -0.3 is 10.2 Å². The van der Waals surface area contributed by atoms with E-state index in [9.17, 15) is 14.0 Å². The van der Waals surface area contributed by atoms with Crippen molar-refractivity contribution in [2.75, 3.05) is 31.5 Å². The van der Waals surface area contributed by atoms with Gasteiger partial charge in [0, 0.05) is 19.6 Å². The number of hydrogen-bond donors (Lipinski definition) is 1. The molecule has 31 heavy (non-hydrogen) atoms. The molecule has 0 aliphatic carbocycles. The zero-order valence-corrected chi connectivity index (χ0v) is 18.4. The second-order valence-corrected chi connectivity index (χ2v) is 8.91. The number of benzene rings is 2. The van der Waals surface area contributed by atoms with Crippen LogP contribution in [0.25, 0.3) is 0 Å². The van der Waals surface area contributed by atoms with Gasteiger partial charge in [-0.25, -0.2) is 4.39 Å². The van der Waals surface area contributed by atoms with Crippen LogP contribution in [0, 0.1) is 11.7 Å². The van der Waals surface area contributed by atoms with Gasteiger partial charge in [0.2, 0.25) is 11.8 Å². The lowest BCUT2D eigenvalue weighted by Crippen LogP contribution is -2.50. The van der Waals surface area contributed by atoms with Crippen molar-refractivity contribution >= 4 is 29.1 Å². The van der Waals surface area contributed by atoms with Crippen molar-refractivity contribution in [3.05, 3.63) is 64.4 Å². The number of piperidine rings is 1. The summed E-state index contributed by atoms with van der Waals surface area (Å²) in [6, 6.07) is 11.3. The molecule has 1 N–H and O–H groups in total. The van der Waals surface area contributed by atoms with Gasteiger partial charge in [-0.15, -0.1) is 0 Å². The van der Waals surface area contributed by atoms with Crippen LogP contribution in [0.3, 0.4) is 0 Å². The van der Waals surface area contributed by atoms with Gasteiger partial charge in [-0.05, 0) is 54.5 Å². The summed E-state index contributed by atoms with van der Waals surface area (Å²) in [5.41, 5.74) is 2.35. The van der Waals surface area contributed by atoms with Crippen molar-refractivity contribution in [3.8, 4) is 0 Å². The summed E-state index contributed by atoms with van der Waals surface area (Å²) in [7, 11) is 0. The van der Waals surface area contributed by atoms with Gasteiger partial charge in [0.15, 0.2) is 0 Å². The Morgan fingerprint density at radius 3 is 2.65 bits per heavy atom. The number of fused-ring (bicyclic) bond motifs is 1. The molecule has 1 atom stereocenters.